The number of carbonyl (C=O) groups is 1. The van der Waals surface area contributed by atoms with Crippen LogP contribution in [0.2, 0.25) is 0 Å². The summed E-state index contributed by atoms with van der Waals surface area (Å²) in [5.41, 5.74) is 0.726. The molecule has 5 heteroatoms. The zero-order chi connectivity index (χ0) is 15.0. The highest BCUT2D eigenvalue weighted by atomic mass is 19.1. The third-order valence-electron chi connectivity index (χ3n) is 4.97. The number of aliphatic carboxylic acids is 1. The van der Waals surface area contributed by atoms with E-state index in [1.54, 1.807) is 13.2 Å². The molecule has 4 atom stereocenters. The quantitative estimate of drug-likeness (QED) is 0.875. The van der Waals surface area contributed by atoms with E-state index >= 15 is 0 Å². The predicted octanol–water partition coefficient (Wildman–Crippen LogP) is 2.42. The molecule has 2 N–H and O–H groups in total. The van der Waals surface area contributed by atoms with Crippen LogP contribution in [0.3, 0.4) is 0 Å². The van der Waals surface area contributed by atoms with Gasteiger partial charge in [-0.3, -0.25) is 4.79 Å². The van der Waals surface area contributed by atoms with Gasteiger partial charge in [-0.2, -0.15) is 0 Å². The van der Waals surface area contributed by atoms with Gasteiger partial charge in [0, 0.05) is 18.2 Å². The van der Waals surface area contributed by atoms with Crippen molar-refractivity contribution < 1.29 is 19.0 Å². The monoisotopic (exact) mass is 293 g/mol. The summed E-state index contributed by atoms with van der Waals surface area (Å²) in [4.78, 5) is 11.5. The molecule has 0 spiro atoms. The molecule has 0 heterocycles. The van der Waals surface area contributed by atoms with Gasteiger partial charge in [0.25, 0.3) is 0 Å². The highest BCUT2D eigenvalue weighted by molar-refractivity contribution is 5.72. The van der Waals surface area contributed by atoms with Gasteiger partial charge < -0.3 is 15.2 Å². The number of hydrogen-bond donors (Lipinski definition) is 2. The average Bonchev–Trinajstić information content (AvgIpc) is 3.05. The maximum atomic E-state index is 13.4. The molecule has 114 valence electrons. The molecule has 0 radical (unpaired) electrons. The minimum atomic E-state index is -0.717. The Morgan fingerprint density at radius 1 is 1.43 bits per heavy atom. The normalized spacial score (nSPS) is 30.6. The number of rotatable bonds is 5. The van der Waals surface area contributed by atoms with Gasteiger partial charge in [-0.25, -0.2) is 4.39 Å². The van der Waals surface area contributed by atoms with Gasteiger partial charge in [0.2, 0.25) is 0 Å². The van der Waals surface area contributed by atoms with Crippen LogP contribution in [0.4, 0.5) is 4.39 Å². The lowest BCUT2D eigenvalue weighted by molar-refractivity contribution is -0.144. The Balaban J connectivity index is 1.72. The Bertz CT molecular complexity index is 548. The summed E-state index contributed by atoms with van der Waals surface area (Å²) in [5, 5.41) is 12.8. The molecule has 0 amide bonds. The molecule has 0 aliphatic heterocycles. The highest BCUT2D eigenvalue weighted by Crippen LogP contribution is 2.48. The van der Waals surface area contributed by atoms with E-state index in [1.165, 1.54) is 12.1 Å². The summed E-state index contributed by atoms with van der Waals surface area (Å²) in [5.74, 6) is -0.00136. The standard InChI is InChI=1S/C16H20FNO3/c1-21-13-5-4-12(17)7-11(13)8-18-15-10-3-2-9(6-10)14(15)16(19)20/h4-5,7,9-10,14-15,18H,2-3,6,8H2,1H3,(H,19,20). The molecular weight excluding hydrogens is 273 g/mol. The van der Waals surface area contributed by atoms with Crippen molar-refractivity contribution >= 4 is 5.97 Å². The first-order chi connectivity index (χ1) is 10.1. The molecule has 3 rings (SSSR count). The summed E-state index contributed by atoms with van der Waals surface area (Å²) >= 11 is 0. The van der Waals surface area contributed by atoms with E-state index in [0.717, 1.165) is 24.8 Å². The van der Waals surface area contributed by atoms with Crippen LogP contribution in [0.1, 0.15) is 24.8 Å². The molecule has 1 aromatic carbocycles. The van der Waals surface area contributed by atoms with Crippen molar-refractivity contribution in [3.05, 3.63) is 29.6 Å². The van der Waals surface area contributed by atoms with Crippen molar-refractivity contribution in [1.29, 1.82) is 0 Å². The number of benzene rings is 1. The number of methoxy groups -OCH3 is 1. The predicted molar refractivity (Wildman–Crippen MR) is 75.5 cm³/mol. The van der Waals surface area contributed by atoms with Crippen LogP contribution in [-0.4, -0.2) is 24.2 Å². The zero-order valence-electron chi connectivity index (χ0n) is 12.0. The SMILES string of the molecule is COc1ccc(F)cc1CNC1C2CCC(C2)C1C(=O)O. The van der Waals surface area contributed by atoms with Crippen LogP contribution in [0.25, 0.3) is 0 Å². The van der Waals surface area contributed by atoms with Crippen molar-refractivity contribution in [1.82, 2.24) is 5.32 Å². The van der Waals surface area contributed by atoms with E-state index in [4.69, 9.17) is 4.74 Å². The van der Waals surface area contributed by atoms with Crippen molar-refractivity contribution in [2.45, 2.75) is 31.8 Å². The summed E-state index contributed by atoms with van der Waals surface area (Å²) in [7, 11) is 1.55. The Morgan fingerprint density at radius 2 is 2.19 bits per heavy atom. The number of carboxylic acid groups (broad SMARTS) is 1. The van der Waals surface area contributed by atoms with Crippen LogP contribution in [0.5, 0.6) is 5.75 Å². The first-order valence-corrected chi connectivity index (χ1v) is 7.38. The summed E-state index contributed by atoms with van der Waals surface area (Å²) in [6.07, 6.45) is 3.10. The third-order valence-corrected chi connectivity index (χ3v) is 4.97. The van der Waals surface area contributed by atoms with E-state index in [1.807, 2.05) is 0 Å². The largest absolute Gasteiger partial charge is 0.496 e. The molecule has 4 nitrogen and oxygen atoms in total. The van der Waals surface area contributed by atoms with E-state index in [2.05, 4.69) is 5.32 Å². The molecule has 21 heavy (non-hydrogen) atoms. The van der Waals surface area contributed by atoms with Gasteiger partial charge in [0.1, 0.15) is 11.6 Å². The fraction of sp³-hybridized carbons (Fsp3) is 0.562. The smallest absolute Gasteiger partial charge is 0.308 e. The molecule has 4 unspecified atom stereocenters. The Labute approximate surface area is 123 Å². The Kier molecular flexibility index (Phi) is 3.85. The van der Waals surface area contributed by atoms with Crippen molar-refractivity contribution in [2.24, 2.45) is 17.8 Å². The molecule has 0 aromatic heterocycles. The average molecular weight is 293 g/mol. The van der Waals surface area contributed by atoms with Gasteiger partial charge in [-0.15, -0.1) is 0 Å². The van der Waals surface area contributed by atoms with Crippen LogP contribution in [0.15, 0.2) is 18.2 Å². The Hall–Kier alpha value is -1.62. The second-order valence-corrected chi connectivity index (χ2v) is 6.06. The third kappa shape index (κ3) is 2.62. The molecule has 0 saturated heterocycles. The van der Waals surface area contributed by atoms with Crippen LogP contribution in [-0.2, 0) is 11.3 Å². The molecule has 2 aliphatic carbocycles. The van der Waals surface area contributed by atoms with E-state index in [-0.39, 0.29) is 17.8 Å². The number of fused-ring (bicyclic) bond motifs is 2. The maximum absolute atomic E-state index is 13.4. The first kappa shape index (κ1) is 14.3. The minimum Gasteiger partial charge on any atom is -0.496 e. The molecule has 1 aromatic rings. The molecule has 2 bridgehead atoms. The van der Waals surface area contributed by atoms with E-state index in [0.29, 0.717) is 24.1 Å². The van der Waals surface area contributed by atoms with Crippen molar-refractivity contribution in [3.8, 4) is 5.75 Å². The lowest BCUT2D eigenvalue weighted by atomic mass is 9.84. The van der Waals surface area contributed by atoms with Crippen LogP contribution in [0, 0.1) is 23.6 Å². The minimum absolute atomic E-state index is 0.0192. The summed E-state index contributed by atoms with van der Waals surface area (Å²) in [6, 6.07) is 4.38. The maximum Gasteiger partial charge on any atom is 0.308 e. The van der Waals surface area contributed by atoms with Crippen LogP contribution >= 0.6 is 0 Å². The number of halogens is 1. The molecule has 2 saturated carbocycles. The summed E-state index contributed by atoms with van der Waals surface area (Å²) < 4.78 is 18.6. The van der Waals surface area contributed by atoms with Crippen LogP contribution < -0.4 is 10.1 Å². The fourth-order valence-corrected chi connectivity index (χ4v) is 4.05. The van der Waals surface area contributed by atoms with Gasteiger partial charge in [-0.05, 0) is 49.3 Å². The van der Waals surface area contributed by atoms with E-state index < -0.39 is 5.97 Å². The molecule has 2 fully saturated rings. The van der Waals surface area contributed by atoms with E-state index in [9.17, 15) is 14.3 Å². The second-order valence-electron chi connectivity index (χ2n) is 6.06. The van der Waals surface area contributed by atoms with Crippen molar-refractivity contribution in [3.63, 3.8) is 0 Å². The van der Waals surface area contributed by atoms with Gasteiger partial charge in [0.05, 0.1) is 13.0 Å². The molecule has 2 aliphatic rings. The lowest BCUT2D eigenvalue weighted by Gasteiger charge is -2.29. The number of nitrogens with one attached hydrogen (secondary N) is 1. The van der Waals surface area contributed by atoms with Crippen molar-refractivity contribution in [2.75, 3.05) is 7.11 Å². The lowest BCUT2D eigenvalue weighted by Crippen LogP contribution is -2.43. The second kappa shape index (κ2) is 5.64. The summed E-state index contributed by atoms with van der Waals surface area (Å²) in [6.45, 7) is 0.429. The highest BCUT2D eigenvalue weighted by Gasteiger charge is 2.50. The van der Waals surface area contributed by atoms with Gasteiger partial charge in [-0.1, -0.05) is 0 Å². The van der Waals surface area contributed by atoms with Gasteiger partial charge >= 0.3 is 5.97 Å². The Morgan fingerprint density at radius 3 is 2.90 bits per heavy atom. The molecular formula is C16H20FNO3. The first-order valence-electron chi connectivity index (χ1n) is 7.38. The van der Waals surface area contributed by atoms with Gasteiger partial charge in [0.15, 0.2) is 0 Å². The zero-order valence-corrected chi connectivity index (χ0v) is 12.0. The topological polar surface area (TPSA) is 58.6 Å². The number of carboxylic acids is 1. The number of hydrogen-bond acceptors (Lipinski definition) is 3. The number of ether oxygens (including phenoxy) is 1. The fourth-order valence-electron chi connectivity index (χ4n) is 4.05.